The van der Waals surface area contributed by atoms with Crippen LogP contribution in [0.3, 0.4) is 0 Å². The smallest absolute Gasteiger partial charge is 0.0259 e. The summed E-state index contributed by atoms with van der Waals surface area (Å²) in [7, 11) is 0. The molecule has 0 aromatic heterocycles. The molecule has 0 N–H and O–H groups in total. The van der Waals surface area contributed by atoms with Crippen molar-refractivity contribution in [2.45, 2.75) is 145 Å². The Morgan fingerprint density at radius 1 is 0.742 bits per heavy atom. The van der Waals surface area contributed by atoms with E-state index < -0.39 is 0 Å². The summed E-state index contributed by atoms with van der Waals surface area (Å²) in [5, 5.41) is 0. The van der Waals surface area contributed by atoms with Gasteiger partial charge >= 0.3 is 0 Å². The Balaban J connectivity index is 1.63. The van der Waals surface area contributed by atoms with Gasteiger partial charge in [0.1, 0.15) is 0 Å². The molecule has 0 bridgehead atoms. The van der Waals surface area contributed by atoms with E-state index in [0.29, 0.717) is 16.2 Å². The zero-order chi connectivity index (χ0) is 22.9. The van der Waals surface area contributed by atoms with Crippen LogP contribution in [-0.2, 0) is 0 Å². The van der Waals surface area contributed by atoms with Gasteiger partial charge < -0.3 is 0 Å². The molecule has 0 aromatic rings. The molecular formula is C31H58. The predicted molar refractivity (Wildman–Crippen MR) is 138 cm³/mol. The number of hydrogen-bond donors (Lipinski definition) is 0. The predicted octanol–water partition coefficient (Wildman–Crippen LogP) is 10.3. The molecule has 3 fully saturated rings. The summed E-state index contributed by atoms with van der Waals surface area (Å²) in [5.41, 5.74) is 1.77. The van der Waals surface area contributed by atoms with Crippen LogP contribution in [0.2, 0.25) is 0 Å². The van der Waals surface area contributed by atoms with Gasteiger partial charge in [0.05, 0.1) is 0 Å². The maximum absolute atomic E-state index is 2.76. The molecule has 3 aliphatic rings. The normalized spacial score (nSPS) is 41.8. The van der Waals surface area contributed by atoms with E-state index in [2.05, 4.69) is 55.4 Å². The lowest BCUT2D eigenvalue weighted by Crippen LogP contribution is -2.59. The molecule has 0 saturated heterocycles. The lowest BCUT2D eigenvalue weighted by molar-refractivity contribution is -0.174. The topological polar surface area (TPSA) is 0 Å². The van der Waals surface area contributed by atoms with Crippen LogP contribution in [0.1, 0.15) is 145 Å². The van der Waals surface area contributed by atoms with E-state index in [4.69, 9.17) is 0 Å². The second-order valence-electron chi connectivity index (χ2n) is 14.2. The Kier molecular flexibility index (Phi) is 8.34. The largest absolute Gasteiger partial charge is 0.0654 e. The monoisotopic (exact) mass is 430 g/mol. The number of rotatable bonds is 9. The van der Waals surface area contributed by atoms with Gasteiger partial charge in [-0.3, -0.25) is 0 Å². The highest BCUT2D eigenvalue weighted by Gasteiger charge is 2.61. The summed E-state index contributed by atoms with van der Waals surface area (Å²) in [6.07, 6.45) is 20.6. The first-order valence-corrected chi connectivity index (χ1v) is 14.5. The van der Waals surface area contributed by atoms with Crippen LogP contribution >= 0.6 is 0 Å². The Morgan fingerprint density at radius 3 is 2.10 bits per heavy atom. The third-order valence-corrected chi connectivity index (χ3v) is 11.4. The maximum Gasteiger partial charge on any atom is -0.0259 e. The first-order chi connectivity index (χ1) is 14.5. The average Bonchev–Trinajstić information content (AvgIpc) is 2.66. The molecule has 0 radical (unpaired) electrons. The molecule has 0 nitrogen and oxygen atoms in total. The first-order valence-electron chi connectivity index (χ1n) is 14.5. The van der Waals surface area contributed by atoms with Gasteiger partial charge in [0.2, 0.25) is 0 Å². The van der Waals surface area contributed by atoms with Crippen LogP contribution in [0, 0.1) is 51.8 Å². The molecule has 31 heavy (non-hydrogen) atoms. The second-order valence-corrected chi connectivity index (χ2v) is 14.2. The van der Waals surface area contributed by atoms with Crippen LogP contribution in [-0.4, -0.2) is 0 Å². The van der Waals surface area contributed by atoms with Crippen molar-refractivity contribution in [3.63, 3.8) is 0 Å². The highest BCUT2D eigenvalue weighted by Crippen LogP contribution is 2.69. The fourth-order valence-corrected chi connectivity index (χ4v) is 9.74. The third kappa shape index (κ3) is 5.24. The highest BCUT2D eigenvalue weighted by molar-refractivity contribution is 5.10. The SMILES string of the molecule is CCCC(C)CCC[C@@H](C)CC[C@H]1[C@H](C)CCC2[C@]3(C)CCCC(C)(C)C3CC[C@@]21C. The van der Waals surface area contributed by atoms with Gasteiger partial charge in [-0.05, 0) is 90.3 Å². The zero-order valence-electron chi connectivity index (χ0n) is 22.9. The van der Waals surface area contributed by atoms with Crippen molar-refractivity contribution in [1.82, 2.24) is 0 Å². The fourth-order valence-electron chi connectivity index (χ4n) is 9.74. The molecule has 3 aliphatic carbocycles. The van der Waals surface area contributed by atoms with Crippen LogP contribution < -0.4 is 0 Å². The van der Waals surface area contributed by atoms with Crippen molar-refractivity contribution in [1.29, 1.82) is 0 Å². The Labute approximate surface area is 197 Å². The standard InChI is InChI=1S/C31H58/c1-9-12-23(2)13-10-14-24(3)15-17-26-25(4)16-18-28-30(26,7)22-19-27-29(5,6)20-11-21-31(27,28)8/h23-28H,9-22H2,1-8H3/t23?,24-,25-,26+,27?,28?,30-,31-/m1/s1. The van der Waals surface area contributed by atoms with E-state index in [9.17, 15) is 0 Å². The van der Waals surface area contributed by atoms with Crippen molar-refractivity contribution >= 4 is 0 Å². The van der Waals surface area contributed by atoms with E-state index in [0.717, 1.165) is 35.5 Å². The van der Waals surface area contributed by atoms with E-state index in [1.165, 1.54) is 89.9 Å². The van der Waals surface area contributed by atoms with Crippen molar-refractivity contribution in [2.24, 2.45) is 51.8 Å². The molecule has 0 aliphatic heterocycles. The Bertz CT molecular complexity index is 560. The molecule has 0 aromatic carbocycles. The molecule has 3 saturated carbocycles. The van der Waals surface area contributed by atoms with E-state index in [1.807, 2.05) is 0 Å². The second kappa shape index (κ2) is 10.1. The lowest BCUT2D eigenvalue weighted by atomic mass is 9.38. The van der Waals surface area contributed by atoms with Gasteiger partial charge in [-0.1, -0.05) is 107 Å². The highest BCUT2D eigenvalue weighted by atomic mass is 14.7. The van der Waals surface area contributed by atoms with Gasteiger partial charge in [0.25, 0.3) is 0 Å². The van der Waals surface area contributed by atoms with Crippen molar-refractivity contribution < 1.29 is 0 Å². The van der Waals surface area contributed by atoms with Gasteiger partial charge in [0.15, 0.2) is 0 Å². The first kappa shape index (κ1) is 25.6. The zero-order valence-corrected chi connectivity index (χ0v) is 22.9. The van der Waals surface area contributed by atoms with Crippen LogP contribution in [0.15, 0.2) is 0 Å². The van der Waals surface area contributed by atoms with Crippen LogP contribution in [0.25, 0.3) is 0 Å². The van der Waals surface area contributed by atoms with Gasteiger partial charge in [-0.15, -0.1) is 0 Å². The minimum atomic E-state index is 0.566. The van der Waals surface area contributed by atoms with Crippen molar-refractivity contribution in [3.8, 4) is 0 Å². The van der Waals surface area contributed by atoms with Gasteiger partial charge in [-0.2, -0.15) is 0 Å². The van der Waals surface area contributed by atoms with Crippen molar-refractivity contribution in [2.75, 3.05) is 0 Å². The van der Waals surface area contributed by atoms with Crippen LogP contribution in [0.4, 0.5) is 0 Å². The summed E-state index contributed by atoms with van der Waals surface area (Å²) in [4.78, 5) is 0. The van der Waals surface area contributed by atoms with Crippen LogP contribution in [0.5, 0.6) is 0 Å². The molecule has 0 heteroatoms. The summed E-state index contributed by atoms with van der Waals surface area (Å²) in [6.45, 7) is 20.7. The summed E-state index contributed by atoms with van der Waals surface area (Å²) in [6, 6.07) is 0. The third-order valence-electron chi connectivity index (χ3n) is 11.4. The van der Waals surface area contributed by atoms with Crippen molar-refractivity contribution in [3.05, 3.63) is 0 Å². The minimum absolute atomic E-state index is 0.566. The number of fused-ring (bicyclic) bond motifs is 3. The Hall–Kier alpha value is 0. The molecular weight excluding hydrogens is 372 g/mol. The molecule has 3 unspecified atom stereocenters. The molecule has 0 amide bonds. The average molecular weight is 431 g/mol. The summed E-state index contributed by atoms with van der Waals surface area (Å²) in [5.74, 6) is 5.70. The fraction of sp³-hybridized carbons (Fsp3) is 1.00. The molecule has 182 valence electrons. The molecule has 8 atom stereocenters. The summed E-state index contributed by atoms with van der Waals surface area (Å²) < 4.78 is 0. The molecule has 0 spiro atoms. The van der Waals surface area contributed by atoms with Gasteiger partial charge in [0, 0.05) is 0 Å². The minimum Gasteiger partial charge on any atom is -0.0654 e. The van der Waals surface area contributed by atoms with Gasteiger partial charge in [-0.25, -0.2) is 0 Å². The molecule has 0 heterocycles. The van der Waals surface area contributed by atoms with E-state index in [1.54, 1.807) is 0 Å². The Morgan fingerprint density at radius 2 is 1.42 bits per heavy atom. The number of hydrogen-bond acceptors (Lipinski definition) is 0. The lowest BCUT2D eigenvalue weighted by Gasteiger charge is -2.66. The quantitative estimate of drug-likeness (QED) is 0.341. The molecule has 3 rings (SSSR count). The van der Waals surface area contributed by atoms with E-state index in [-0.39, 0.29) is 0 Å². The summed E-state index contributed by atoms with van der Waals surface area (Å²) >= 11 is 0. The maximum atomic E-state index is 2.76. The van der Waals surface area contributed by atoms with E-state index >= 15 is 0 Å².